The third-order valence-electron chi connectivity index (χ3n) is 3.70. The van der Waals surface area contributed by atoms with Gasteiger partial charge in [0.15, 0.2) is 0 Å². The van der Waals surface area contributed by atoms with E-state index in [9.17, 15) is 4.79 Å². The predicted octanol–water partition coefficient (Wildman–Crippen LogP) is 2.75. The fourth-order valence-corrected chi connectivity index (χ4v) is 2.56. The number of nitrogens with zero attached hydrogens (tertiary/aromatic N) is 2. The average molecular weight is 304 g/mol. The van der Waals surface area contributed by atoms with E-state index in [1.54, 1.807) is 6.07 Å². The largest absolute Gasteiger partial charge is 0.308 e. The summed E-state index contributed by atoms with van der Waals surface area (Å²) in [5.41, 5.74) is 3.35. The van der Waals surface area contributed by atoms with Crippen LogP contribution in [0.5, 0.6) is 0 Å². The summed E-state index contributed by atoms with van der Waals surface area (Å²) in [5.74, 6) is 0. The van der Waals surface area contributed by atoms with Gasteiger partial charge in [-0.3, -0.25) is 4.79 Å². The van der Waals surface area contributed by atoms with Gasteiger partial charge in [-0.1, -0.05) is 11.6 Å². The lowest BCUT2D eigenvalue weighted by molar-refractivity contribution is 0.641. The van der Waals surface area contributed by atoms with Crippen molar-refractivity contribution in [2.24, 2.45) is 0 Å². The van der Waals surface area contributed by atoms with Crippen molar-refractivity contribution in [3.8, 4) is 5.69 Å². The minimum Gasteiger partial charge on any atom is -0.308 e. The van der Waals surface area contributed by atoms with Crippen LogP contribution in [0.15, 0.2) is 29.1 Å². The van der Waals surface area contributed by atoms with E-state index >= 15 is 0 Å². The molecule has 1 saturated carbocycles. The Kier molecular flexibility index (Phi) is 3.83. The van der Waals surface area contributed by atoms with Crippen molar-refractivity contribution in [1.29, 1.82) is 0 Å². The topological polar surface area (TPSA) is 46.9 Å². The second-order valence-corrected chi connectivity index (χ2v) is 6.03. The summed E-state index contributed by atoms with van der Waals surface area (Å²) in [7, 11) is 0. The predicted molar refractivity (Wildman–Crippen MR) is 84.2 cm³/mol. The van der Waals surface area contributed by atoms with Crippen LogP contribution in [-0.2, 0) is 6.54 Å². The molecule has 110 valence electrons. The van der Waals surface area contributed by atoms with Crippen LogP contribution in [0, 0.1) is 13.8 Å². The standard InChI is InChI=1S/C16H18ClN3O/c1-10-7-12(17)3-6-15(10)20-11(2)8-16(21)14(19-20)9-18-13-4-5-13/h3,6-8,13,18H,4-5,9H2,1-2H3. The van der Waals surface area contributed by atoms with Gasteiger partial charge in [0.25, 0.3) is 0 Å². The summed E-state index contributed by atoms with van der Waals surface area (Å²) in [6.07, 6.45) is 2.38. The van der Waals surface area contributed by atoms with Crippen LogP contribution in [0.25, 0.3) is 5.69 Å². The van der Waals surface area contributed by atoms with Crippen molar-refractivity contribution in [3.05, 3.63) is 56.5 Å². The van der Waals surface area contributed by atoms with Crippen molar-refractivity contribution in [2.45, 2.75) is 39.3 Å². The molecule has 0 atom stereocenters. The Morgan fingerprint density at radius 2 is 2.10 bits per heavy atom. The molecule has 1 heterocycles. The van der Waals surface area contributed by atoms with Crippen LogP contribution < -0.4 is 10.7 Å². The third kappa shape index (κ3) is 3.17. The van der Waals surface area contributed by atoms with Crippen molar-refractivity contribution >= 4 is 11.6 Å². The summed E-state index contributed by atoms with van der Waals surface area (Å²) >= 11 is 6.00. The first-order valence-corrected chi connectivity index (χ1v) is 7.52. The Hall–Kier alpha value is -1.65. The molecule has 1 aliphatic rings. The van der Waals surface area contributed by atoms with Gasteiger partial charge in [0, 0.05) is 29.4 Å². The maximum atomic E-state index is 12.1. The van der Waals surface area contributed by atoms with Crippen LogP contribution in [0.2, 0.25) is 5.02 Å². The molecule has 0 aliphatic heterocycles. The molecule has 0 saturated heterocycles. The fraction of sp³-hybridized carbons (Fsp3) is 0.375. The van der Waals surface area contributed by atoms with Crippen molar-refractivity contribution < 1.29 is 0 Å². The number of benzene rings is 1. The molecular formula is C16H18ClN3O. The maximum Gasteiger partial charge on any atom is 0.204 e. The highest BCUT2D eigenvalue weighted by molar-refractivity contribution is 6.30. The van der Waals surface area contributed by atoms with Gasteiger partial charge < -0.3 is 5.32 Å². The Morgan fingerprint density at radius 1 is 1.33 bits per heavy atom. The molecular weight excluding hydrogens is 286 g/mol. The van der Waals surface area contributed by atoms with Crippen LogP contribution >= 0.6 is 11.6 Å². The summed E-state index contributed by atoms with van der Waals surface area (Å²) in [4.78, 5) is 12.1. The summed E-state index contributed by atoms with van der Waals surface area (Å²) in [6, 6.07) is 7.87. The SMILES string of the molecule is Cc1cc(Cl)ccc1-n1nc(CNC2CC2)c(=O)cc1C. The van der Waals surface area contributed by atoms with Gasteiger partial charge in [0.1, 0.15) is 5.69 Å². The molecule has 0 bridgehead atoms. The molecule has 2 aromatic rings. The first-order chi connectivity index (χ1) is 10.0. The van der Waals surface area contributed by atoms with E-state index in [2.05, 4.69) is 10.4 Å². The average Bonchev–Trinajstić information content (AvgIpc) is 3.23. The summed E-state index contributed by atoms with van der Waals surface area (Å²) in [6.45, 7) is 4.40. The second-order valence-electron chi connectivity index (χ2n) is 5.59. The summed E-state index contributed by atoms with van der Waals surface area (Å²) < 4.78 is 1.82. The van der Waals surface area contributed by atoms with Crippen molar-refractivity contribution in [3.63, 3.8) is 0 Å². The van der Waals surface area contributed by atoms with Gasteiger partial charge in [0.2, 0.25) is 5.43 Å². The van der Waals surface area contributed by atoms with E-state index in [0.29, 0.717) is 23.3 Å². The minimum atomic E-state index is -0.0106. The summed E-state index contributed by atoms with van der Waals surface area (Å²) in [5, 5.41) is 8.57. The van der Waals surface area contributed by atoms with Gasteiger partial charge in [-0.25, -0.2) is 4.68 Å². The van der Waals surface area contributed by atoms with E-state index < -0.39 is 0 Å². The van der Waals surface area contributed by atoms with Crippen LogP contribution in [-0.4, -0.2) is 15.8 Å². The molecule has 0 radical (unpaired) electrons. The number of nitrogens with one attached hydrogen (secondary N) is 1. The quantitative estimate of drug-likeness (QED) is 0.945. The Bertz CT molecular complexity index is 735. The number of hydrogen-bond donors (Lipinski definition) is 1. The van der Waals surface area contributed by atoms with E-state index in [0.717, 1.165) is 16.9 Å². The van der Waals surface area contributed by atoms with E-state index in [1.165, 1.54) is 12.8 Å². The molecule has 4 nitrogen and oxygen atoms in total. The Morgan fingerprint density at radius 3 is 2.76 bits per heavy atom. The monoisotopic (exact) mass is 303 g/mol. The lowest BCUT2D eigenvalue weighted by Gasteiger charge is -2.14. The molecule has 0 unspecified atom stereocenters. The van der Waals surface area contributed by atoms with Gasteiger partial charge in [-0.15, -0.1) is 0 Å². The zero-order valence-electron chi connectivity index (χ0n) is 12.2. The Balaban J connectivity index is 2.00. The minimum absolute atomic E-state index is 0.0106. The molecule has 1 aromatic heterocycles. The smallest absolute Gasteiger partial charge is 0.204 e. The van der Waals surface area contributed by atoms with Crippen molar-refractivity contribution in [1.82, 2.24) is 15.1 Å². The molecule has 3 rings (SSSR count). The number of halogens is 1. The lowest BCUT2D eigenvalue weighted by atomic mass is 10.2. The zero-order valence-corrected chi connectivity index (χ0v) is 12.9. The zero-order chi connectivity index (χ0) is 15.0. The molecule has 1 aromatic carbocycles. The molecule has 0 spiro atoms. The highest BCUT2D eigenvalue weighted by atomic mass is 35.5. The van der Waals surface area contributed by atoms with Crippen molar-refractivity contribution in [2.75, 3.05) is 0 Å². The molecule has 1 N–H and O–H groups in total. The number of aromatic nitrogens is 2. The first kappa shape index (κ1) is 14.3. The first-order valence-electron chi connectivity index (χ1n) is 7.14. The van der Waals surface area contributed by atoms with E-state index in [1.807, 2.05) is 36.7 Å². The van der Waals surface area contributed by atoms with Crippen LogP contribution in [0.4, 0.5) is 0 Å². The highest BCUT2D eigenvalue weighted by Crippen LogP contribution is 2.20. The van der Waals surface area contributed by atoms with Gasteiger partial charge in [-0.05, 0) is 50.5 Å². The number of rotatable bonds is 4. The molecule has 5 heteroatoms. The molecule has 1 aliphatic carbocycles. The molecule has 1 fully saturated rings. The van der Waals surface area contributed by atoms with E-state index in [4.69, 9.17) is 11.6 Å². The number of hydrogen-bond acceptors (Lipinski definition) is 3. The Labute approximate surface area is 128 Å². The van der Waals surface area contributed by atoms with Gasteiger partial charge >= 0.3 is 0 Å². The normalized spacial score (nSPS) is 14.4. The highest BCUT2D eigenvalue weighted by Gasteiger charge is 2.21. The van der Waals surface area contributed by atoms with Crippen LogP contribution in [0.1, 0.15) is 29.8 Å². The lowest BCUT2D eigenvalue weighted by Crippen LogP contribution is -2.25. The second kappa shape index (κ2) is 5.62. The van der Waals surface area contributed by atoms with Gasteiger partial charge in [-0.2, -0.15) is 5.10 Å². The van der Waals surface area contributed by atoms with E-state index in [-0.39, 0.29) is 5.43 Å². The number of aryl methyl sites for hydroxylation is 2. The molecule has 21 heavy (non-hydrogen) atoms. The molecule has 0 amide bonds. The van der Waals surface area contributed by atoms with Crippen LogP contribution in [0.3, 0.4) is 0 Å². The maximum absolute atomic E-state index is 12.1. The van der Waals surface area contributed by atoms with Gasteiger partial charge in [0.05, 0.1) is 5.69 Å². The third-order valence-corrected chi connectivity index (χ3v) is 3.94. The fourth-order valence-electron chi connectivity index (χ4n) is 2.33.